The summed E-state index contributed by atoms with van der Waals surface area (Å²) in [6, 6.07) is 1.27. The maximum absolute atomic E-state index is 11.0. The number of hydrogen-bond donors (Lipinski definition) is 1. The van der Waals surface area contributed by atoms with Gasteiger partial charge in [0.15, 0.2) is 5.82 Å². The van der Waals surface area contributed by atoms with Gasteiger partial charge in [-0.2, -0.15) is 0 Å². The van der Waals surface area contributed by atoms with Gasteiger partial charge >= 0.3 is 5.82 Å². The van der Waals surface area contributed by atoms with Crippen molar-refractivity contribution in [3.8, 4) is 0 Å². The van der Waals surface area contributed by atoms with Crippen LogP contribution in [0.15, 0.2) is 6.20 Å². The highest BCUT2D eigenvalue weighted by Crippen LogP contribution is 2.21. The number of fused-ring (bicyclic) bond motifs is 2. The smallest absolute Gasteiger partial charge is 0.342 e. The number of nitrogens with zero attached hydrogens (tertiary/aromatic N) is 4. The standard InChI is InChI=1S/C13H21N5O2/c1-10-14-8-13(18(19)20)17(10)7-6-16-5-4-11-2-3-12(9-16)15-11/h8,11-12,15H,2-7,9H2,1H3. The first-order valence-electron chi connectivity index (χ1n) is 7.28. The zero-order chi connectivity index (χ0) is 14.1. The SMILES string of the molecule is Cc1ncc([N+](=O)[O-])n1CCN1CCC2CCC(C1)N2. The van der Waals surface area contributed by atoms with Crippen molar-refractivity contribution in [1.82, 2.24) is 19.8 Å². The Morgan fingerprint density at radius 2 is 2.20 bits per heavy atom. The van der Waals surface area contributed by atoms with Gasteiger partial charge in [0.2, 0.25) is 0 Å². The van der Waals surface area contributed by atoms with Gasteiger partial charge in [0.05, 0.1) is 0 Å². The maximum atomic E-state index is 11.0. The van der Waals surface area contributed by atoms with Gasteiger partial charge in [-0.3, -0.25) is 4.90 Å². The Labute approximate surface area is 118 Å². The third-order valence-corrected chi connectivity index (χ3v) is 4.47. The second-order valence-electron chi connectivity index (χ2n) is 5.80. The molecular weight excluding hydrogens is 258 g/mol. The van der Waals surface area contributed by atoms with Crippen LogP contribution in [-0.2, 0) is 6.54 Å². The van der Waals surface area contributed by atoms with E-state index in [1.165, 1.54) is 25.5 Å². The average molecular weight is 279 g/mol. The molecule has 2 bridgehead atoms. The van der Waals surface area contributed by atoms with Crippen LogP contribution in [0.5, 0.6) is 0 Å². The van der Waals surface area contributed by atoms with E-state index in [1.54, 1.807) is 4.57 Å². The Morgan fingerprint density at radius 3 is 3.00 bits per heavy atom. The van der Waals surface area contributed by atoms with Crippen LogP contribution >= 0.6 is 0 Å². The lowest BCUT2D eigenvalue weighted by molar-refractivity contribution is -0.392. The number of nitro groups is 1. The summed E-state index contributed by atoms with van der Waals surface area (Å²) < 4.78 is 1.70. The topological polar surface area (TPSA) is 76.2 Å². The quantitative estimate of drug-likeness (QED) is 0.655. The largest absolute Gasteiger partial charge is 0.358 e. The van der Waals surface area contributed by atoms with E-state index in [0.29, 0.717) is 24.5 Å². The van der Waals surface area contributed by atoms with Gasteiger partial charge in [-0.05, 0) is 30.7 Å². The Balaban J connectivity index is 1.62. The summed E-state index contributed by atoms with van der Waals surface area (Å²) in [5.41, 5.74) is 0. The Hall–Kier alpha value is -1.47. The lowest BCUT2D eigenvalue weighted by Gasteiger charge is -2.23. The second-order valence-corrected chi connectivity index (χ2v) is 5.80. The zero-order valence-electron chi connectivity index (χ0n) is 11.8. The van der Waals surface area contributed by atoms with E-state index in [9.17, 15) is 10.1 Å². The van der Waals surface area contributed by atoms with Gasteiger partial charge in [-0.15, -0.1) is 0 Å². The summed E-state index contributed by atoms with van der Waals surface area (Å²) in [6.45, 7) is 5.44. The molecule has 2 atom stereocenters. The fraction of sp³-hybridized carbons (Fsp3) is 0.769. The highest BCUT2D eigenvalue weighted by atomic mass is 16.6. The molecule has 0 aromatic carbocycles. The summed E-state index contributed by atoms with van der Waals surface area (Å²) in [5, 5.41) is 14.6. The van der Waals surface area contributed by atoms with E-state index in [0.717, 1.165) is 19.6 Å². The molecule has 1 aromatic rings. The van der Waals surface area contributed by atoms with Crippen molar-refractivity contribution in [2.24, 2.45) is 0 Å². The number of aryl methyl sites for hydroxylation is 1. The molecule has 0 saturated carbocycles. The Morgan fingerprint density at radius 1 is 1.40 bits per heavy atom. The molecule has 1 N–H and O–H groups in total. The van der Waals surface area contributed by atoms with Crippen molar-refractivity contribution in [3.05, 3.63) is 22.1 Å². The first-order valence-corrected chi connectivity index (χ1v) is 7.28. The van der Waals surface area contributed by atoms with Crippen LogP contribution < -0.4 is 5.32 Å². The summed E-state index contributed by atoms with van der Waals surface area (Å²) in [6.07, 6.45) is 5.08. The number of rotatable bonds is 4. The molecule has 110 valence electrons. The summed E-state index contributed by atoms with van der Waals surface area (Å²) >= 11 is 0. The molecule has 3 rings (SSSR count). The molecule has 20 heavy (non-hydrogen) atoms. The van der Waals surface area contributed by atoms with Gasteiger partial charge in [-0.25, -0.2) is 9.55 Å². The molecular formula is C13H21N5O2. The Kier molecular flexibility index (Phi) is 3.71. The average Bonchev–Trinajstić information content (AvgIpc) is 2.92. The molecule has 0 radical (unpaired) electrons. The van der Waals surface area contributed by atoms with Crippen molar-refractivity contribution >= 4 is 5.82 Å². The van der Waals surface area contributed by atoms with E-state index in [1.807, 2.05) is 6.92 Å². The molecule has 2 unspecified atom stereocenters. The molecule has 1 aromatic heterocycles. The highest BCUT2D eigenvalue weighted by molar-refractivity contribution is 5.18. The third kappa shape index (κ3) is 2.69. The van der Waals surface area contributed by atoms with Crippen molar-refractivity contribution in [1.29, 1.82) is 0 Å². The fourth-order valence-electron chi connectivity index (χ4n) is 3.34. The van der Waals surface area contributed by atoms with E-state index in [2.05, 4.69) is 15.2 Å². The third-order valence-electron chi connectivity index (χ3n) is 4.47. The summed E-state index contributed by atoms with van der Waals surface area (Å²) in [7, 11) is 0. The van der Waals surface area contributed by atoms with Crippen LogP contribution in [0.2, 0.25) is 0 Å². The zero-order valence-corrected chi connectivity index (χ0v) is 11.8. The van der Waals surface area contributed by atoms with Crippen LogP contribution in [0.4, 0.5) is 5.82 Å². The van der Waals surface area contributed by atoms with Crippen molar-refractivity contribution in [2.75, 3.05) is 19.6 Å². The molecule has 7 heteroatoms. The van der Waals surface area contributed by atoms with Gasteiger partial charge < -0.3 is 15.4 Å². The van der Waals surface area contributed by atoms with Crippen molar-refractivity contribution in [2.45, 2.75) is 44.8 Å². The molecule has 2 aliphatic heterocycles. The molecule has 0 spiro atoms. The maximum Gasteiger partial charge on any atom is 0.342 e. The lowest BCUT2D eigenvalue weighted by Crippen LogP contribution is -2.37. The minimum atomic E-state index is -0.355. The molecule has 2 saturated heterocycles. The first kappa shape index (κ1) is 13.5. The number of imidazole rings is 1. The number of hydrogen-bond acceptors (Lipinski definition) is 5. The van der Waals surface area contributed by atoms with Gasteiger partial charge in [0, 0.05) is 32.1 Å². The normalized spacial score (nSPS) is 26.6. The van der Waals surface area contributed by atoms with Crippen LogP contribution in [-0.4, -0.2) is 51.1 Å². The Bertz CT molecular complexity index is 501. The molecule has 7 nitrogen and oxygen atoms in total. The second kappa shape index (κ2) is 5.49. The lowest BCUT2D eigenvalue weighted by atomic mass is 10.1. The van der Waals surface area contributed by atoms with E-state index in [4.69, 9.17) is 0 Å². The minimum absolute atomic E-state index is 0.0944. The van der Waals surface area contributed by atoms with Crippen LogP contribution in [0, 0.1) is 17.0 Å². The number of aromatic nitrogens is 2. The summed E-state index contributed by atoms with van der Waals surface area (Å²) in [5.74, 6) is 0.808. The van der Waals surface area contributed by atoms with Crippen LogP contribution in [0.25, 0.3) is 0 Å². The van der Waals surface area contributed by atoms with Gasteiger partial charge in [-0.1, -0.05) is 0 Å². The first-order chi connectivity index (χ1) is 9.63. The summed E-state index contributed by atoms with van der Waals surface area (Å²) in [4.78, 5) is 17.1. The molecule has 0 amide bonds. The van der Waals surface area contributed by atoms with Crippen molar-refractivity contribution < 1.29 is 4.92 Å². The number of nitrogens with one attached hydrogen (secondary N) is 1. The van der Waals surface area contributed by atoms with Gasteiger partial charge in [0.1, 0.15) is 12.7 Å². The van der Waals surface area contributed by atoms with E-state index in [-0.39, 0.29) is 10.7 Å². The monoisotopic (exact) mass is 279 g/mol. The fourth-order valence-corrected chi connectivity index (χ4v) is 3.34. The predicted octanol–water partition coefficient (Wildman–Crippen LogP) is 0.926. The predicted molar refractivity (Wildman–Crippen MR) is 74.6 cm³/mol. The van der Waals surface area contributed by atoms with Crippen molar-refractivity contribution in [3.63, 3.8) is 0 Å². The highest BCUT2D eigenvalue weighted by Gasteiger charge is 2.29. The van der Waals surface area contributed by atoms with Crippen LogP contribution in [0.1, 0.15) is 25.1 Å². The van der Waals surface area contributed by atoms with E-state index >= 15 is 0 Å². The van der Waals surface area contributed by atoms with Crippen LogP contribution in [0.3, 0.4) is 0 Å². The molecule has 2 aliphatic rings. The van der Waals surface area contributed by atoms with E-state index < -0.39 is 0 Å². The molecule has 2 fully saturated rings. The number of likely N-dealkylation sites (tertiary alicyclic amines) is 1. The molecule has 3 heterocycles. The minimum Gasteiger partial charge on any atom is -0.358 e. The van der Waals surface area contributed by atoms with Gasteiger partial charge in [0.25, 0.3) is 0 Å². The molecule has 0 aliphatic carbocycles.